The molecular formula is C48H48N4O10S2. The van der Waals surface area contributed by atoms with Gasteiger partial charge in [0.2, 0.25) is 0 Å². The summed E-state index contributed by atoms with van der Waals surface area (Å²) in [4.78, 5) is 56.2. The van der Waals surface area contributed by atoms with Gasteiger partial charge in [-0.2, -0.15) is 16.8 Å². The van der Waals surface area contributed by atoms with Gasteiger partial charge in [0.05, 0.1) is 9.79 Å². The summed E-state index contributed by atoms with van der Waals surface area (Å²) >= 11 is 0. The first-order valence-corrected chi connectivity index (χ1v) is 23.3. The summed E-state index contributed by atoms with van der Waals surface area (Å²) in [6.45, 7) is 6.93. The minimum atomic E-state index is -4.02. The van der Waals surface area contributed by atoms with Gasteiger partial charge in [-0.3, -0.25) is 38.1 Å². The molecule has 0 saturated carbocycles. The van der Waals surface area contributed by atoms with Crippen LogP contribution in [0.25, 0.3) is 10.8 Å². The highest BCUT2D eigenvalue weighted by Crippen LogP contribution is 2.38. The molecule has 332 valence electrons. The summed E-state index contributed by atoms with van der Waals surface area (Å²) in [7, 11) is -8.04. The number of carbonyl (C=O) groups excluding carboxylic acids is 4. The highest BCUT2D eigenvalue weighted by atomic mass is 32.2. The van der Waals surface area contributed by atoms with Crippen LogP contribution in [-0.2, 0) is 33.3 Å². The third-order valence-electron chi connectivity index (χ3n) is 10.5. The fourth-order valence-corrected chi connectivity index (χ4v) is 8.14. The summed E-state index contributed by atoms with van der Waals surface area (Å²) < 4.78 is 59.1. The molecule has 4 amide bonds. The van der Waals surface area contributed by atoms with E-state index in [1.807, 2.05) is 74.5 Å². The standard InChI is InChI=1S/C34H32N4O4.2C7H8O3S/c39-31-25-13-15-27-30-28(34(42)38(33(27)41)20-8-18-36-22-24-11-5-2-6-12-24)16-14-26(29(25)30)32(40)37(31)19-7-17-35-21-23-9-3-1-4-10-23;2*1-6-2-4-7(5-3-6)11(8,9)10/h1-6,9-16,35-36H,7-8,17-22H2;2*2-5H,1H3,(H,8,9,10). The second-order valence-electron chi connectivity index (χ2n) is 15.2. The van der Waals surface area contributed by atoms with Gasteiger partial charge in [0.15, 0.2) is 0 Å². The zero-order valence-electron chi connectivity index (χ0n) is 35.2. The van der Waals surface area contributed by atoms with Gasteiger partial charge >= 0.3 is 0 Å². The molecule has 6 aromatic rings. The molecule has 0 aliphatic carbocycles. The maximum Gasteiger partial charge on any atom is 0.294 e. The van der Waals surface area contributed by atoms with E-state index in [9.17, 15) is 36.0 Å². The second kappa shape index (κ2) is 20.9. The molecule has 0 bridgehead atoms. The zero-order chi connectivity index (χ0) is 46.0. The number of rotatable bonds is 14. The Balaban J connectivity index is 0.000000252. The molecule has 0 fully saturated rings. The fourth-order valence-electron chi connectivity index (χ4n) is 7.18. The number of hydrogen-bond acceptors (Lipinski definition) is 10. The molecule has 0 spiro atoms. The monoisotopic (exact) mass is 904 g/mol. The molecule has 0 aromatic heterocycles. The van der Waals surface area contributed by atoms with Crippen LogP contribution in [0.2, 0.25) is 0 Å². The average Bonchev–Trinajstić information content (AvgIpc) is 3.27. The van der Waals surface area contributed by atoms with Gasteiger partial charge in [0.25, 0.3) is 43.9 Å². The Bertz CT molecular complexity index is 2610. The van der Waals surface area contributed by atoms with E-state index in [1.165, 1.54) is 45.2 Å². The molecule has 0 atom stereocenters. The van der Waals surface area contributed by atoms with E-state index in [0.29, 0.717) is 72.0 Å². The first-order chi connectivity index (χ1) is 30.5. The van der Waals surface area contributed by atoms with Crippen LogP contribution in [0.3, 0.4) is 0 Å². The van der Waals surface area contributed by atoms with Crippen molar-refractivity contribution < 1.29 is 45.1 Å². The number of aryl methyl sites for hydroxylation is 2. The minimum Gasteiger partial charge on any atom is -0.313 e. The summed E-state index contributed by atoms with van der Waals surface area (Å²) in [5.74, 6) is -1.59. The molecule has 8 rings (SSSR count). The van der Waals surface area contributed by atoms with Crippen molar-refractivity contribution in [3.63, 3.8) is 0 Å². The summed E-state index contributed by atoms with van der Waals surface area (Å²) in [5, 5.41) is 7.51. The van der Waals surface area contributed by atoms with Crippen LogP contribution in [0.1, 0.15) is 76.5 Å². The number of benzene rings is 6. The zero-order valence-corrected chi connectivity index (χ0v) is 36.9. The van der Waals surface area contributed by atoms with E-state index in [1.54, 1.807) is 48.5 Å². The molecule has 16 heteroatoms. The molecule has 0 unspecified atom stereocenters. The van der Waals surface area contributed by atoms with Crippen LogP contribution in [-0.4, -0.2) is 85.5 Å². The SMILES string of the molecule is Cc1ccc(S(=O)(=O)O)cc1.Cc1ccc(S(=O)(=O)O)cc1.O=C1c2ccc3c4c(ccc(c24)C(=O)N1CCCNCc1ccccc1)C(=O)N(CCCNCc1ccccc1)C3=O. The van der Waals surface area contributed by atoms with Gasteiger partial charge in [0, 0.05) is 59.2 Å². The van der Waals surface area contributed by atoms with Gasteiger partial charge in [-0.15, -0.1) is 0 Å². The molecule has 14 nitrogen and oxygen atoms in total. The highest BCUT2D eigenvalue weighted by molar-refractivity contribution is 7.86. The van der Waals surface area contributed by atoms with Crippen molar-refractivity contribution in [1.29, 1.82) is 0 Å². The Labute approximate surface area is 372 Å². The topological polar surface area (TPSA) is 208 Å². The third-order valence-corrected chi connectivity index (χ3v) is 12.3. The maximum atomic E-state index is 13.5. The summed E-state index contributed by atoms with van der Waals surface area (Å²) in [6, 6.07) is 38.5. The summed E-state index contributed by atoms with van der Waals surface area (Å²) in [5.41, 5.74) is 5.64. The van der Waals surface area contributed by atoms with Crippen LogP contribution >= 0.6 is 0 Å². The van der Waals surface area contributed by atoms with Crippen LogP contribution in [0.4, 0.5) is 0 Å². The predicted molar refractivity (Wildman–Crippen MR) is 242 cm³/mol. The van der Waals surface area contributed by atoms with Crippen molar-refractivity contribution >= 4 is 54.6 Å². The summed E-state index contributed by atoms with van der Waals surface area (Å²) in [6.07, 6.45) is 1.20. The highest BCUT2D eigenvalue weighted by Gasteiger charge is 2.39. The normalized spacial score (nSPS) is 13.3. The molecule has 0 saturated heterocycles. The number of imide groups is 2. The van der Waals surface area contributed by atoms with Crippen LogP contribution in [0.15, 0.2) is 143 Å². The Morgan fingerprint density at radius 3 is 1.02 bits per heavy atom. The fraction of sp³-hybridized carbons (Fsp3) is 0.208. The van der Waals surface area contributed by atoms with E-state index in [4.69, 9.17) is 9.11 Å². The molecule has 2 aliphatic heterocycles. The largest absolute Gasteiger partial charge is 0.313 e. The average molecular weight is 905 g/mol. The van der Waals surface area contributed by atoms with E-state index >= 15 is 0 Å². The second-order valence-corrected chi connectivity index (χ2v) is 18.0. The van der Waals surface area contributed by atoms with Crippen molar-refractivity contribution in [3.05, 3.63) is 178 Å². The lowest BCUT2D eigenvalue weighted by Crippen LogP contribution is -2.44. The van der Waals surface area contributed by atoms with Crippen molar-refractivity contribution in [3.8, 4) is 0 Å². The van der Waals surface area contributed by atoms with E-state index in [-0.39, 0.29) is 22.9 Å². The van der Waals surface area contributed by atoms with Crippen molar-refractivity contribution in [2.45, 2.75) is 49.6 Å². The van der Waals surface area contributed by atoms with Crippen molar-refractivity contribution in [2.24, 2.45) is 0 Å². The Kier molecular flexibility index (Phi) is 15.3. The number of amides is 4. The molecule has 0 radical (unpaired) electrons. The molecule has 2 aliphatic rings. The van der Waals surface area contributed by atoms with Crippen LogP contribution in [0.5, 0.6) is 0 Å². The molecule has 2 heterocycles. The van der Waals surface area contributed by atoms with E-state index < -0.39 is 43.9 Å². The quantitative estimate of drug-likeness (QED) is 0.0502. The Morgan fingerprint density at radius 2 is 0.734 bits per heavy atom. The van der Waals surface area contributed by atoms with Crippen molar-refractivity contribution in [1.82, 2.24) is 20.4 Å². The smallest absolute Gasteiger partial charge is 0.294 e. The van der Waals surface area contributed by atoms with Gasteiger partial charge < -0.3 is 10.6 Å². The van der Waals surface area contributed by atoms with Gasteiger partial charge in [-0.25, -0.2) is 0 Å². The minimum absolute atomic E-state index is 0.0666. The van der Waals surface area contributed by atoms with Gasteiger partial charge in [-0.05, 0) is 99.4 Å². The Hall–Kier alpha value is -6.40. The lowest BCUT2D eigenvalue weighted by molar-refractivity contribution is 0.0587. The number of nitrogens with zero attached hydrogens (tertiary/aromatic N) is 2. The molecule has 6 aromatic carbocycles. The third kappa shape index (κ3) is 11.6. The lowest BCUT2D eigenvalue weighted by atomic mass is 9.86. The number of carbonyl (C=O) groups is 4. The molecule has 64 heavy (non-hydrogen) atoms. The van der Waals surface area contributed by atoms with E-state index in [0.717, 1.165) is 11.1 Å². The Morgan fingerprint density at radius 1 is 0.438 bits per heavy atom. The first kappa shape index (κ1) is 47.1. The van der Waals surface area contributed by atoms with E-state index in [2.05, 4.69) is 10.6 Å². The number of nitrogens with one attached hydrogen (secondary N) is 2. The number of hydrogen-bond donors (Lipinski definition) is 4. The van der Waals surface area contributed by atoms with Crippen LogP contribution in [0, 0.1) is 13.8 Å². The molecular weight excluding hydrogens is 857 g/mol. The molecule has 4 N–H and O–H groups in total. The van der Waals surface area contributed by atoms with Crippen molar-refractivity contribution in [2.75, 3.05) is 26.2 Å². The van der Waals surface area contributed by atoms with Gasteiger partial charge in [0.1, 0.15) is 0 Å². The van der Waals surface area contributed by atoms with Gasteiger partial charge in [-0.1, -0.05) is 96.1 Å². The predicted octanol–water partition coefficient (Wildman–Crippen LogP) is 6.88. The maximum absolute atomic E-state index is 13.5. The van der Waals surface area contributed by atoms with Crippen LogP contribution < -0.4 is 10.6 Å². The lowest BCUT2D eigenvalue weighted by Gasteiger charge is -2.32. The first-order valence-electron chi connectivity index (χ1n) is 20.4.